The number of rotatable bonds is 9. The smallest absolute Gasteiger partial charge is 0.348 e. The average Bonchev–Trinajstić information content (AvgIpc) is 2.70. The quantitative estimate of drug-likeness (QED) is 0.199. The molecule has 0 aliphatic carbocycles. The summed E-state index contributed by atoms with van der Waals surface area (Å²) in [7, 11) is 5.82. The second-order valence-electron chi connectivity index (χ2n) is 8.22. The van der Waals surface area contributed by atoms with Crippen LogP contribution in [0.1, 0.15) is 11.1 Å². The first-order valence-corrected chi connectivity index (χ1v) is 9.83. The van der Waals surface area contributed by atoms with E-state index in [-0.39, 0.29) is 36.0 Å². The lowest BCUT2D eigenvalue weighted by Crippen LogP contribution is -2.39. The third-order valence-electron chi connectivity index (χ3n) is 4.40. The van der Waals surface area contributed by atoms with Crippen molar-refractivity contribution in [2.24, 2.45) is 0 Å². The molecule has 0 saturated carbocycles. The topological polar surface area (TPSA) is 134 Å². The molecular formula is C23H28NO8+. The molecule has 0 fully saturated rings. The van der Waals surface area contributed by atoms with Crippen LogP contribution in [0.5, 0.6) is 23.0 Å². The zero-order chi connectivity index (χ0) is 23.9. The first-order valence-electron chi connectivity index (χ1n) is 9.83. The van der Waals surface area contributed by atoms with E-state index in [1.54, 1.807) is 0 Å². The van der Waals surface area contributed by atoms with Gasteiger partial charge in [-0.2, -0.15) is 0 Å². The Kier molecular flexibility index (Phi) is 8.09. The minimum Gasteiger partial charge on any atom is -0.504 e. The van der Waals surface area contributed by atoms with Gasteiger partial charge in [0, 0.05) is 12.5 Å². The predicted molar refractivity (Wildman–Crippen MR) is 116 cm³/mol. The maximum Gasteiger partial charge on any atom is 0.348 e. The van der Waals surface area contributed by atoms with Crippen LogP contribution in [-0.4, -0.2) is 77.2 Å². The second-order valence-corrected chi connectivity index (χ2v) is 8.22. The fraction of sp³-hybridized carbons (Fsp3) is 0.304. The lowest BCUT2D eigenvalue weighted by Gasteiger charge is -2.24. The highest BCUT2D eigenvalue weighted by Gasteiger charge is 2.25. The number of hydrogen-bond acceptors (Lipinski definition) is 8. The van der Waals surface area contributed by atoms with Crippen molar-refractivity contribution in [3.05, 3.63) is 53.6 Å². The summed E-state index contributed by atoms with van der Waals surface area (Å²) in [4.78, 5) is 24.9. The highest BCUT2D eigenvalue weighted by Crippen LogP contribution is 2.26. The fourth-order valence-corrected chi connectivity index (χ4v) is 2.58. The summed E-state index contributed by atoms with van der Waals surface area (Å²) >= 11 is 0. The van der Waals surface area contributed by atoms with Gasteiger partial charge in [-0.25, -0.2) is 9.59 Å². The molecule has 32 heavy (non-hydrogen) atoms. The molecule has 1 unspecified atom stereocenters. The SMILES string of the molecule is C[N+](C)(C)CCOC(=O)C(Cc1ccc(O)c(O)c1)OC(=O)/C=C/c1ccc(O)c(O)c1. The Balaban J connectivity index is 2.11. The Morgan fingerprint density at radius 3 is 2.16 bits per heavy atom. The highest BCUT2D eigenvalue weighted by atomic mass is 16.6. The number of quaternary nitrogens is 1. The lowest BCUT2D eigenvalue weighted by molar-refractivity contribution is -0.870. The van der Waals surface area contributed by atoms with Crippen LogP contribution in [-0.2, 0) is 25.5 Å². The minimum absolute atomic E-state index is 0.0728. The summed E-state index contributed by atoms with van der Waals surface area (Å²) in [5.41, 5.74) is 0.886. The molecule has 2 rings (SSSR count). The molecule has 172 valence electrons. The van der Waals surface area contributed by atoms with Gasteiger partial charge in [0.1, 0.15) is 13.2 Å². The molecule has 0 aliphatic heterocycles. The average molecular weight is 446 g/mol. The van der Waals surface area contributed by atoms with E-state index >= 15 is 0 Å². The molecule has 0 aliphatic rings. The van der Waals surface area contributed by atoms with Gasteiger partial charge in [0.05, 0.1) is 21.1 Å². The van der Waals surface area contributed by atoms with Gasteiger partial charge >= 0.3 is 11.9 Å². The fourth-order valence-electron chi connectivity index (χ4n) is 2.58. The van der Waals surface area contributed by atoms with Crippen LogP contribution in [0, 0.1) is 0 Å². The maximum atomic E-state index is 12.6. The van der Waals surface area contributed by atoms with E-state index in [0.29, 0.717) is 22.2 Å². The van der Waals surface area contributed by atoms with Crippen molar-refractivity contribution >= 4 is 18.0 Å². The lowest BCUT2D eigenvalue weighted by atomic mass is 10.1. The van der Waals surface area contributed by atoms with Crippen molar-refractivity contribution in [1.29, 1.82) is 0 Å². The van der Waals surface area contributed by atoms with Gasteiger partial charge in [-0.3, -0.25) is 0 Å². The Labute approximate surface area is 186 Å². The highest BCUT2D eigenvalue weighted by molar-refractivity contribution is 5.89. The number of ether oxygens (including phenoxy) is 2. The number of nitrogens with zero attached hydrogens (tertiary/aromatic N) is 1. The van der Waals surface area contributed by atoms with E-state index in [0.717, 1.165) is 6.08 Å². The predicted octanol–water partition coefficient (Wildman–Crippen LogP) is 1.93. The zero-order valence-corrected chi connectivity index (χ0v) is 18.2. The Hall–Kier alpha value is -3.72. The number of esters is 2. The molecule has 0 heterocycles. The van der Waals surface area contributed by atoms with Gasteiger partial charge in [0.25, 0.3) is 0 Å². The van der Waals surface area contributed by atoms with Gasteiger partial charge in [0.15, 0.2) is 23.0 Å². The molecule has 0 saturated heterocycles. The summed E-state index contributed by atoms with van der Waals surface area (Å²) in [6.45, 7) is 0.677. The molecule has 0 amide bonds. The number of carbonyl (C=O) groups is 2. The first kappa shape index (κ1) is 24.5. The largest absolute Gasteiger partial charge is 0.504 e. The molecule has 0 aromatic heterocycles. The molecule has 0 radical (unpaired) electrons. The summed E-state index contributed by atoms with van der Waals surface area (Å²) in [5, 5.41) is 38.0. The Morgan fingerprint density at radius 2 is 1.56 bits per heavy atom. The van der Waals surface area contributed by atoms with E-state index in [2.05, 4.69) is 0 Å². The summed E-state index contributed by atoms with van der Waals surface area (Å²) in [6, 6.07) is 8.03. The van der Waals surface area contributed by atoms with Gasteiger partial charge in [-0.15, -0.1) is 0 Å². The number of phenols is 4. The van der Waals surface area contributed by atoms with Crippen molar-refractivity contribution < 1.29 is 44.0 Å². The van der Waals surface area contributed by atoms with E-state index in [1.165, 1.54) is 42.5 Å². The van der Waals surface area contributed by atoms with E-state index in [9.17, 15) is 30.0 Å². The molecule has 9 heteroatoms. The van der Waals surface area contributed by atoms with Crippen molar-refractivity contribution in [1.82, 2.24) is 0 Å². The van der Waals surface area contributed by atoms with Gasteiger partial charge in [-0.1, -0.05) is 12.1 Å². The Bertz CT molecular complexity index is 994. The third-order valence-corrected chi connectivity index (χ3v) is 4.40. The number of likely N-dealkylation sites (N-methyl/N-ethyl adjacent to an activating group) is 1. The van der Waals surface area contributed by atoms with Crippen LogP contribution >= 0.6 is 0 Å². The van der Waals surface area contributed by atoms with E-state index in [4.69, 9.17) is 9.47 Å². The first-order chi connectivity index (χ1) is 14.9. The van der Waals surface area contributed by atoms with E-state index < -0.39 is 18.0 Å². The van der Waals surface area contributed by atoms with E-state index in [1.807, 2.05) is 21.1 Å². The molecule has 4 N–H and O–H groups in total. The molecule has 2 aromatic rings. The summed E-state index contributed by atoms with van der Waals surface area (Å²) in [5.74, 6) is -2.88. The molecule has 0 bridgehead atoms. The number of phenolic OH excluding ortho intramolecular Hbond substituents is 4. The minimum atomic E-state index is -1.28. The molecular weight excluding hydrogens is 418 g/mol. The van der Waals surface area contributed by atoms with Crippen molar-refractivity contribution in [3.8, 4) is 23.0 Å². The molecule has 9 nitrogen and oxygen atoms in total. The van der Waals surface area contributed by atoms with Crippen LogP contribution in [0.4, 0.5) is 0 Å². The standard InChI is InChI=1S/C23H27NO8/c1-24(2,3)10-11-31-23(30)21(14-16-5-8-18(26)20(28)13-16)32-22(29)9-6-15-4-7-17(25)19(27)12-15/h4-9,12-13,21H,10-11,14H2,1-3H3,(H3-,25,26,27,28,29)/p+1. The Morgan fingerprint density at radius 1 is 0.938 bits per heavy atom. The van der Waals surface area contributed by atoms with Gasteiger partial charge in [0.2, 0.25) is 6.10 Å². The van der Waals surface area contributed by atoms with Gasteiger partial charge < -0.3 is 34.4 Å². The maximum absolute atomic E-state index is 12.6. The number of hydrogen-bond donors (Lipinski definition) is 4. The second kappa shape index (κ2) is 10.5. The van der Waals surface area contributed by atoms with Crippen LogP contribution in [0.15, 0.2) is 42.5 Å². The summed E-state index contributed by atoms with van der Waals surface area (Å²) < 4.78 is 11.1. The monoisotopic (exact) mass is 446 g/mol. The van der Waals surface area contributed by atoms with Crippen LogP contribution in [0.2, 0.25) is 0 Å². The molecule has 1 atom stereocenters. The van der Waals surface area contributed by atoms with Crippen molar-refractivity contribution in [2.45, 2.75) is 12.5 Å². The number of carbonyl (C=O) groups excluding carboxylic acids is 2. The third kappa shape index (κ3) is 7.84. The molecule has 2 aromatic carbocycles. The number of aromatic hydroxyl groups is 4. The molecule has 0 spiro atoms. The zero-order valence-electron chi connectivity index (χ0n) is 18.2. The van der Waals surface area contributed by atoms with Crippen molar-refractivity contribution in [3.63, 3.8) is 0 Å². The normalized spacial score (nSPS) is 12.5. The van der Waals surface area contributed by atoms with Crippen LogP contribution in [0.25, 0.3) is 6.08 Å². The van der Waals surface area contributed by atoms with Crippen molar-refractivity contribution in [2.75, 3.05) is 34.3 Å². The summed E-state index contributed by atoms with van der Waals surface area (Å²) in [6.07, 6.45) is 1.08. The number of benzene rings is 2. The van der Waals surface area contributed by atoms with Crippen LogP contribution in [0.3, 0.4) is 0 Å². The van der Waals surface area contributed by atoms with Gasteiger partial charge in [-0.05, 0) is 41.5 Å². The van der Waals surface area contributed by atoms with Crippen LogP contribution < -0.4 is 0 Å².